The first kappa shape index (κ1) is 16.2. The van der Waals surface area contributed by atoms with E-state index in [-0.39, 0.29) is 23.3 Å². The van der Waals surface area contributed by atoms with Gasteiger partial charge in [-0.3, -0.25) is 9.69 Å². The van der Waals surface area contributed by atoms with Gasteiger partial charge in [-0.05, 0) is 6.92 Å². The SMILES string of the molecule is CC1CS(=O)(=O)CCN1CC(C)(C)C(=O)c1ccccc1. The molecule has 1 atom stereocenters. The minimum atomic E-state index is -2.92. The topological polar surface area (TPSA) is 54.5 Å². The molecule has 1 heterocycles. The van der Waals surface area contributed by atoms with Crippen LogP contribution in [-0.2, 0) is 9.84 Å². The van der Waals surface area contributed by atoms with Crippen molar-refractivity contribution < 1.29 is 13.2 Å². The van der Waals surface area contributed by atoms with Crippen LogP contribution in [0.3, 0.4) is 0 Å². The lowest BCUT2D eigenvalue weighted by Crippen LogP contribution is -2.51. The standard InChI is InChI=1S/C16H23NO3S/c1-13-11-21(19,20)10-9-17(13)12-16(2,3)15(18)14-7-5-4-6-8-14/h4-8,13H,9-12H2,1-3H3. The fourth-order valence-corrected chi connectivity index (χ4v) is 4.45. The van der Waals surface area contributed by atoms with Gasteiger partial charge in [0.1, 0.15) is 0 Å². The van der Waals surface area contributed by atoms with E-state index in [0.717, 1.165) is 0 Å². The Bertz CT molecular complexity index is 608. The van der Waals surface area contributed by atoms with Crippen molar-refractivity contribution in [1.29, 1.82) is 0 Å². The Morgan fingerprint density at radius 2 is 1.90 bits per heavy atom. The van der Waals surface area contributed by atoms with E-state index >= 15 is 0 Å². The average Bonchev–Trinajstić information content (AvgIpc) is 2.41. The first-order valence-electron chi connectivity index (χ1n) is 7.26. The molecule has 4 nitrogen and oxygen atoms in total. The lowest BCUT2D eigenvalue weighted by molar-refractivity contribution is 0.0736. The van der Waals surface area contributed by atoms with Gasteiger partial charge >= 0.3 is 0 Å². The number of rotatable bonds is 4. The molecule has 1 unspecified atom stereocenters. The molecule has 1 aliphatic rings. The summed E-state index contributed by atoms with van der Waals surface area (Å²) in [6.07, 6.45) is 0. The van der Waals surface area contributed by atoms with Gasteiger partial charge < -0.3 is 0 Å². The van der Waals surface area contributed by atoms with Gasteiger partial charge in [-0.2, -0.15) is 0 Å². The van der Waals surface area contributed by atoms with Crippen LogP contribution in [0.5, 0.6) is 0 Å². The second-order valence-electron chi connectivity index (χ2n) is 6.51. The Kier molecular flexibility index (Phi) is 4.54. The highest BCUT2D eigenvalue weighted by Gasteiger charge is 2.35. The van der Waals surface area contributed by atoms with Gasteiger partial charge in [0, 0.05) is 30.1 Å². The molecule has 5 heteroatoms. The largest absolute Gasteiger partial charge is 0.298 e. The number of Topliss-reactive ketones (excluding diaryl/α,β-unsaturated/α-hetero) is 1. The Labute approximate surface area is 127 Å². The van der Waals surface area contributed by atoms with E-state index in [2.05, 4.69) is 4.90 Å². The number of carbonyl (C=O) groups excluding carboxylic acids is 1. The van der Waals surface area contributed by atoms with Crippen molar-refractivity contribution >= 4 is 15.6 Å². The predicted molar refractivity (Wildman–Crippen MR) is 84.2 cm³/mol. The van der Waals surface area contributed by atoms with E-state index in [9.17, 15) is 13.2 Å². The van der Waals surface area contributed by atoms with Gasteiger partial charge in [0.15, 0.2) is 15.6 Å². The molecule has 0 aromatic heterocycles. The molecule has 1 aromatic carbocycles. The van der Waals surface area contributed by atoms with E-state index in [4.69, 9.17) is 0 Å². The van der Waals surface area contributed by atoms with E-state index < -0.39 is 15.3 Å². The molecule has 0 spiro atoms. The first-order chi connectivity index (χ1) is 9.71. The molecule has 0 radical (unpaired) electrons. The molecule has 1 aliphatic heterocycles. The van der Waals surface area contributed by atoms with Crippen LogP contribution in [0.15, 0.2) is 30.3 Å². The first-order valence-corrected chi connectivity index (χ1v) is 9.08. The van der Waals surface area contributed by atoms with Crippen molar-refractivity contribution in [1.82, 2.24) is 4.90 Å². The second-order valence-corrected chi connectivity index (χ2v) is 8.74. The maximum Gasteiger partial charge on any atom is 0.169 e. The van der Waals surface area contributed by atoms with Gasteiger partial charge in [0.05, 0.1) is 11.5 Å². The van der Waals surface area contributed by atoms with Crippen LogP contribution in [0, 0.1) is 5.41 Å². The zero-order chi connectivity index (χ0) is 15.7. The predicted octanol–water partition coefficient (Wildman–Crippen LogP) is 2.01. The fraction of sp³-hybridized carbons (Fsp3) is 0.562. The summed E-state index contributed by atoms with van der Waals surface area (Å²) in [6, 6.07) is 9.23. The van der Waals surface area contributed by atoms with Crippen LogP contribution < -0.4 is 0 Å². The lowest BCUT2D eigenvalue weighted by Gasteiger charge is -2.38. The Balaban J connectivity index is 2.09. The number of nitrogens with zero attached hydrogens (tertiary/aromatic N) is 1. The van der Waals surface area contributed by atoms with Crippen molar-refractivity contribution in [2.24, 2.45) is 5.41 Å². The zero-order valence-electron chi connectivity index (χ0n) is 12.9. The van der Waals surface area contributed by atoms with Gasteiger partial charge in [-0.25, -0.2) is 8.42 Å². The summed E-state index contributed by atoms with van der Waals surface area (Å²) in [7, 11) is -2.92. The molecule has 0 saturated carbocycles. The average molecular weight is 309 g/mol. The minimum absolute atomic E-state index is 0.0356. The van der Waals surface area contributed by atoms with Crippen LogP contribution in [0.1, 0.15) is 31.1 Å². The van der Waals surface area contributed by atoms with Gasteiger partial charge in [-0.15, -0.1) is 0 Å². The van der Waals surface area contributed by atoms with Crippen molar-refractivity contribution in [3.8, 4) is 0 Å². The number of benzene rings is 1. The third-order valence-corrected chi connectivity index (χ3v) is 5.85. The maximum atomic E-state index is 12.6. The molecule has 2 rings (SSSR count). The number of sulfone groups is 1. The van der Waals surface area contributed by atoms with E-state index in [0.29, 0.717) is 18.7 Å². The summed E-state index contributed by atoms with van der Waals surface area (Å²) in [6.45, 7) is 6.86. The van der Waals surface area contributed by atoms with E-state index in [1.54, 1.807) is 0 Å². The molecule has 0 aliphatic carbocycles. The minimum Gasteiger partial charge on any atom is -0.298 e. The quantitative estimate of drug-likeness (QED) is 0.799. The molecule has 0 N–H and O–H groups in total. The Hall–Kier alpha value is -1.20. The molecule has 21 heavy (non-hydrogen) atoms. The highest BCUT2D eigenvalue weighted by atomic mass is 32.2. The third-order valence-electron chi connectivity index (χ3n) is 4.06. The van der Waals surface area contributed by atoms with E-state index in [1.807, 2.05) is 51.1 Å². The van der Waals surface area contributed by atoms with Crippen LogP contribution in [-0.4, -0.2) is 49.7 Å². The molecule has 0 amide bonds. The smallest absolute Gasteiger partial charge is 0.169 e. The molecule has 0 bridgehead atoms. The number of carbonyl (C=O) groups is 1. The summed E-state index contributed by atoms with van der Waals surface area (Å²) in [5.74, 6) is 0.471. The Morgan fingerprint density at radius 3 is 2.48 bits per heavy atom. The fourth-order valence-electron chi connectivity index (χ4n) is 2.83. The summed E-state index contributed by atoms with van der Waals surface area (Å²) < 4.78 is 23.3. The zero-order valence-corrected chi connectivity index (χ0v) is 13.7. The molecule has 1 fully saturated rings. The van der Waals surface area contributed by atoms with Crippen molar-refractivity contribution in [2.45, 2.75) is 26.8 Å². The summed E-state index contributed by atoms with van der Waals surface area (Å²) in [5.41, 5.74) is 0.177. The van der Waals surface area contributed by atoms with Crippen LogP contribution in [0.4, 0.5) is 0 Å². The van der Waals surface area contributed by atoms with Crippen LogP contribution in [0.2, 0.25) is 0 Å². The molecular weight excluding hydrogens is 286 g/mol. The molecule has 116 valence electrons. The highest BCUT2D eigenvalue weighted by Crippen LogP contribution is 2.25. The van der Waals surface area contributed by atoms with Crippen LogP contribution >= 0.6 is 0 Å². The molecule has 1 saturated heterocycles. The van der Waals surface area contributed by atoms with Gasteiger partial charge in [0.2, 0.25) is 0 Å². The van der Waals surface area contributed by atoms with Gasteiger partial charge in [-0.1, -0.05) is 44.2 Å². The second kappa shape index (κ2) is 5.89. The summed E-state index contributed by atoms with van der Waals surface area (Å²) >= 11 is 0. The maximum absolute atomic E-state index is 12.6. The monoisotopic (exact) mass is 309 g/mol. The number of hydrogen-bond donors (Lipinski definition) is 0. The molecular formula is C16H23NO3S. The summed E-state index contributed by atoms with van der Waals surface area (Å²) in [4.78, 5) is 14.7. The van der Waals surface area contributed by atoms with E-state index in [1.165, 1.54) is 0 Å². The van der Waals surface area contributed by atoms with Crippen molar-refractivity contribution in [3.63, 3.8) is 0 Å². The normalized spacial score (nSPS) is 22.9. The number of ketones is 1. The van der Waals surface area contributed by atoms with Crippen molar-refractivity contribution in [2.75, 3.05) is 24.6 Å². The third kappa shape index (κ3) is 3.92. The lowest BCUT2D eigenvalue weighted by atomic mass is 9.83. The van der Waals surface area contributed by atoms with Crippen LogP contribution in [0.25, 0.3) is 0 Å². The van der Waals surface area contributed by atoms with Crippen molar-refractivity contribution in [3.05, 3.63) is 35.9 Å². The number of hydrogen-bond acceptors (Lipinski definition) is 4. The molecule has 1 aromatic rings. The highest BCUT2D eigenvalue weighted by molar-refractivity contribution is 7.91. The summed E-state index contributed by atoms with van der Waals surface area (Å²) in [5, 5.41) is 0. The Morgan fingerprint density at radius 1 is 1.29 bits per heavy atom. The van der Waals surface area contributed by atoms with Gasteiger partial charge in [0.25, 0.3) is 0 Å².